The van der Waals surface area contributed by atoms with Crippen LogP contribution in [0.5, 0.6) is 0 Å². The van der Waals surface area contributed by atoms with E-state index in [2.05, 4.69) is 4.72 Å². The predicted molar refractivity (Wildman–Crippen MR) is 69.3 cm³/mol. The van der Waals surface area contributed by atoms with Crippen LogP contribution >= 0.6 is 23.5 Å². The van der Waals surface area contributed by atoms with Crippen LogP contribution in [-0.2, 0) is 4.79 Å². The number of amides is 1. The van der Waals surface area contributed by atoms with Gasteiger partial charge >= 0.3 is 0 Å². The van der Waals surface area contributed by atoms with Crippen LogP contribution < -0.4 is 4.72 Å². The van der Waals surface area contributed by atoms with E-state index >= 15 is 0 Å². The van der Waals surface area contributed by atoms with Crippen molar-refractivity contribution in [3.05, 3.63) is 41.9 Å². The quantitative estimate of drug-likeness (QED) is 0.620. The van der Waals surface area contributed by atoms with Crippen molar-refractivity contribution in [3.8, 4) is 0 Å². The molecule has 0 fully saturated rings. The van der Waals surface area contributed by atoms with Crippen molar-refractivity contribution in [2.75, 3.05) is 0 Å². The SMILES string of the molecule is O=C(CCC/C=C/Cl)NSc1ccccc1. The Morgan fingerprint density at radius 1 is 1.38 bits per heavy atom. The Bertz CT molecular complexity index is 340. The van der Waals surface area contributed by atoms with Crippen LogP contribution in [0, 0.1) is 0 Å². The third-order valence-electron chi connectivity index (χ3n) is 1.89. The van der Waals surface area contributed by atoms with Gasteiger partial charge in [0.05, 0.1) is 0 Å². The van der Waals surface area contributed by atoms with E-state index in [0.29, 0.717) is 6.42 Å². The van der Waals surface area contributed by atoms with Gasteiger partial charge in [0.25, 0.3) is 0 Å². The van der Waals surface area contributed by atoms with E-state index in [1.165, 1.54) is 17.5 Å². The minimum Gasteiger partial charge on any atom is -0.296 e. The fourth-order valence-corrected chi connectivity index (χ4v) is 1.85. The highest BCUT2D eigenvalue weighted by atomic mass is 35.5. The van der Waals surface area contributed by atoms with Crippen LogP contribution in [-0.4, -0.2) is 5.91 Å². The van der Waals surface area contributed by atoms with Crippen molar-refractivity contribution < 1.29 is 4.79 Å². The van der Waals surface area contributed by atoms with Gasteiger partial charge in [-0.2, -0.15) is 0 Å². The number of hydrogen-bond acceptors (Lipinski definition) is 2. The fraction of sp³-hybridized carbons (Fsp3) is 0.250. The predicted octanol–water partition coefficient (Wildman–Crippen LogP) is 3.73. The minimum atomic E-state index is 0.0526. The summed E-state index contributed by atoms with van der Waals surface area (Å²) in [5.41, 5.74) is 1.48. The van der Waals surface area contributed by atoms with E-state index in [1.54, 1.807) is 0 Å². The Morgan fingerprint density at radius 3 is 2.81 bits per heavy atom. The van der Waals surface area contributed by atoms with Gasteiger partial charge < -0.3 is 0 Å². The lowest BCUT2D eigenvalue weighted by atomic mass is 10.2. The lowest BCUT2D eigenvalue weighted by Crippen LogP contribution is -2.14. The molecule has 1 rings (SSSR count). The summed E-state index contributed by atoms with van der Waals surface area (Å²) in [4.78, 5) is 12.4. The smallest absolute Gasteiger partial charge is 0.230 e. The van der Waals surface area contributed by atoms with Crippen molar-refractivity contribution in [2.24, 2.45) is 0 Å². The van der Waals surface area contributed by atoms with E-state index in [-0.39, 0.29) is 5.91 Å². The maximum atomic E-state index is 11.4. The molecule has 0 unspecified atom stereocenters. The average molecular weight is 256 g/mol. The minimum absolute atomic E-state index is 0.0526. The van der Waals surface area contributed by atoms with E-state index < -0.39 is 0 Å². The molecule has 86 valence electrons. The Morgan fingerprint density at radius 2 is 2.12 bits per heavy atom. The van der Waals surface area contributed by atoms with Crippen LogP contribution in [0.15, 0.2) is 46.8 Å². The molecular weight excluding hydrogens is 242 g/mol. The third-order valence-corrected chi connectivity index (χ3v) is 2.91. The van der Waals surface area contributed by atoms with Gasteiger partial charge in [-0.3, -0.25) is 9.52 Å². The highest BCUT2D eigenvalue weighted by Gasteiger charge is 2.00. The molecule has 16 heavy (non-hydrogen) atoms. The standard InChI is InChI=1S/C12H14ClNOS/c13-10-6-2-5-9-12(15)14-16-11-7-3-1-4-8-11/h1,3-4,6-8,10H,2,5,9H2,(H,14,15)/b10-6+. The third kappa shape index (κ3) is 5.83. The molecule has 1 amide bonds. The van der Waals surface area contributed by atoms with Gasteiger partial charge in [0.1, 0.15) is 0 Å². The van der Waals surface area contributed by atoms with E-state index in [0.717, 1.165) is 17.7 Å². The molecule has 1 aromatic carbocycles. The molecule has 0 saturated carbocycles. The highest BCUT2D eigenvalue weighted by Crippen LogP contribution is 2.13. The number of nitrogens with one attached hydrogen (secondary N) is 1. The molecular formula is C12H14ClNOS. The van der Waals surface area contributed by atoms with E-state index in [1.807, 2.05) is 36.4 Å². The summed E-state index contributed by atoms with van der Waals surface area (Å²) in [5, 5.41) is 0. The molecule has 1 aromatic rings. The number of benzene rings is 1. The summed E-state index contributed by atoms with van der Waals surface area (Å²) < 4.78 is 2.80. The summed E-state index contributed by atoms with van der Waals surface area (Å²) in [6.07, 6.45) is 4.04. The number of carbonyl (C=O) groups excluding carboxylic acids is 1. The van der Waals surface area contributed by atoms with Crippen molar-refractivity contribution >= 4 is 29.5 Å². The Labute approximate surface area is 105 Å². The second-order valence-electron chi connectivity index (χ2n) is 3.19. The lowest BCUT2D eigenvalue weighted by Gasteiger charge is -2.02. The zero-order valence-electron chi connectivity index (χ0n) is 8.86. The van der Waals surface area contributed by atoms with Crippen LogP contribution in [0.2, 0.25) is 0 Å². The highest BCUT2D eigenvalue weighted by molar-refractivity contribution is 7.98. The second kappa shape index (κ2) is 8.25. The van der Waals surface area contributed by atoms with Gasteiger partial charge in [-0.1, -0.05) is 35.9 Å². The summed E-state index contributed by atoms with van der Waals surface area (Å²) in [6, 6.07) is 9.76. The summed E-state index contributed by atoms with van der Waals surface area (Å²) >= 11 is 6.72. The van der Waals surface area contributed by atoms with Gasteiger partial charge in [-0.05, 0) is 36.9 Å². The van der Waals surface area contributed by atoms with Crippen molar-refractivity contribution in [2.45, 2.75) is 24.2 Å². The molecule has 0 spiro atoms. The van der Waals surface area contributed by atoms with Crippen molar-refractivity contribution in [3.63, 3.8) is 0 Å². The van der Waals surface area contributed by atoms with Gasteiger partial charge in [0, 0.05) is 16.9 Å². The number of allylic oxidation sites excluding steroid dienone is 1. The molecule has 0 aliphatic rings. The molecule has 1 N–H and O–H groups in total. The number of unbranched alkanes of at least 4 members (excludes halogenated alkanes) is 1. The molecule has 0 saturated heterocycles. The number of rotatable bonds is 6. The van der Waals surface area contributed by atoms with Crippen LogP contribution in [0.3, 0.4) is 0 Å². The van der Waals surface area contributed by atoms with Crippen molar-refractivity contribution in [1.29, 1.82) is 0 Å². The Kier molecular flexibility index (Phi) is 6.77. The molecule has 0 heterocycles. The van der Waals surface area contributed by atoms with Gasteiger partial charge in [0.2, 0.25) is 5.91 Å². The van der Waals surface area contributed by atoms with Crippen LogP contribution in [0.25, 0.3) is 0 Å². The summed E-state index contributed by atoms with van der Waals surface area (Å²) in [7, 11) is 0. The number of halogens is 1. The second-order valence-corrected chi connectivity index (χ2v) is 4.33. The largest absolute Gasteiger partial charge is 0.296 e. The molecule has 0 radical (unpaired) electrons. The molecule has 0 aliphatic carbocycles. The molecule has 0 aromatic heterocycles. The number of carbonyl (C=O) groups is 1. The molecule has 0 bridgehead atoms. The molecule has 0 atom stereocenters. The monoisotopic (exact) mass is 255 g/mol. The molecule has 0 aliphatic heterocycles. The normalized spacial score (nSPS) is 10.6. The summed E-state index contributed by atoms with van der Waals surface area (Å²) in [6.45, 7) is 0. The first-order valence-corrected chi connectivity index (χ1v) is 6.34. The van der Waals surface area contributed by atoms with Crippen molar-refractivity contribution in [1.82, 2.24) is 4.72 Å². The average Bonchev–Trinajstić information content (AvgIpc) is 2.33. The maximum absolute atomic E-state index is 11.4. The first kappa shape index (κ1) is 13.1. The Balaban J connectivity index is 2.15. The number of hydrogen-bond donors (Lipinski definition) is 1. The Hall–Kier alpha value is -0.930. The van der Waals surface area contributed by atoms with E-state index in [9.17, 15) is 4.79 Å². The zero-order chi connectivity index (χ0) is 11.6. The van der Waals surface area contributed by atoms with E-state index in [4.69, 9.17) is 11.6 Å². The first-order valence-electron chi connectivity index (χ1n) is 5.09. The fourth-order valence-electron chi connectivity index (χ4n) is 1.10. The van der Waals surface area contributed by atoms with Gasteiger partial charge in [-0.25, -0.2) is 0 Å². The molecule has 4 heteroatoms. The maximum Gasteiger partial charge on any atom is 0.230 e. The van der Waals surface area contributed by atoms with Crippen LogP contribution in [0.1, 0.15) is 19.3 Å². The topological polar surface area (TPSA) is 29.1 Å². The first-order chi connectivity index (χ1) is 7.83. The summed E-state index contributed by atoms with van der Waals surface area (Å²) in [5.74, 6) is 0.0526. The molecule has 2 nitrogen and oxygen atoms in total. The van der Waals surface area contributed by atoms with Gasteiger partial charge in [-0.15, -0.1) is 0 Å². The van der Waals surface area contributed by atoms with Crippen LogP contribution in [0.4, 0.5) is 0 Å². The zero-order valence-corrected chi connectivity index (χ0v) is 10.4. The van der Waals surface area contributed by atoms with Gasteiger partial charge in [0.15, 0.2) is 0 Å². The lowest BCUT2D eigenvalue weighted by molar-refractivity contribution is -0.119.